The van der Waals surface area contributed by atoms with E-state index in [0.717, 1.165) is 24.2 Å². The summed E-state index contributed by atoms with van der Waals surface area (Å²) in [5.74, 6) is 0.400. The average Bonchev–Trinajstić information content (AvgIpc) is 3.13. The molecule has 1 unspecified atom stereocenters. The second-order valence-electron chi connectivity index (χ2n) is 6.89. The summed E-state index contributed by atoms with van der Waals surface area (Å²) >= 11 is 0. The lowest BCUT2D eigenvalue weighted by Crippen LogP contribution is -2.20. The molecule has 0 spiro atoms. The molecule has 0 saturated heterocycles. The average molecular weight is 377 g/mol. The Kier molecular flexibility index (Phi) is 6.84. The molecule has 1 aromatic heterocycles. The highest BCUT2D eigenvalue weighted by molar-refractivity contribution is 6.04. The van der Waals surface area contributed by atoms with Crippen molar-refractivity contribution < 1.29 is 4.74 Å². The van der Waals surface area contributed by atoms with Crippen molar-refractivity contribution in [1.29, 1.82) is 0 Å². The molecule has 0 bridgehead atoms. The van der Waals surface area contributed by atoms with Crippen LogP contribution in [-0.2, 0) is 18.3 Å². The van der Waals surface area contributed by atoms with Gasteiger partial charge in [0.05, 0.1) is 24.8 Å². The molecule has 28 heavy (non-hydrogen) atoms. The fraction of sp³-hybridized carbons (Fsp3) is 0.304. The number of benzene rings is 1. The third-order valence-electron chi connectivity index (χ3n) is 4.64. The summed E-state index contributed by atoms with van der Waals surface area (Å²) in [5.41, 5.74) is 5.61. The largest absolute Gasteiger partial charge is 0.501 e. The number of nitrogens with one attached hydrogen (secondary N) is 1. The van der Waals surface area contributed by atoms with Crippen molar-refractivity contribution in [3.8, 4) is 11.1 Å². The fourth-order valence-corrected chi connectivity index (χ4v) is 2.99. The number of aryl methyl sites for hydroxylation is 1. The van der Waals surface area contributed by atoms with Gasteiger partial charge < -0.3 is 10.1 Å². The maximum absolute atomic E-state index is 5.31. The number of aromatic nitrogens is 2. The summed E-state index contributed by atoms with van der Waals surface area (Å²) in [6.07, 6.45) is 14.6. The summed E-state index contributed by atoms with van der Waals surface area (Å²) in [7, 11) is 1.93. The predicted molar refractivity (Wildman–Crippen MR) is 115 cm³/mol. The van der Waals surface area contributed by atoms with Gasteiger partial charge in [0.15, 0.2) is 0 Å². The van der Waals surface area contributed by atoms with Crippen LogP contribution in [0.25, 0.3) is 11.1 Å². The van der Waals surface area contributed by atoms with Crippen molar-refractivity contribution in [2.45, 2.75) is 26.8 Å². The van der Waals surface area contributed by atoms with E-state index in [1.807, 2.05) is 43.3 Å². The maximum Gasteiger partial charge on any atom is 0.0850 e. The summed E-state index contributed by atoms with van der Waals surface area (Å²) in [5, 5.41) is 7.83. The van der Waals surface area contributed by atoms with Crippen LogP contribution in [0.15, 0.2) is 78.0 Å². The lowest BCUT2D eigenvalue weighted by Gasteiger charge is -2.18. The van der Waals surface area contributed by atoms with E-state index in [4.69, 9.17) is 4.74 Å². The molecule has 146 valence electrons. The van der Waals surface area contributed by atoms with Crippen LogP contribution >= 0.6 is 0 Å². The first-order chi connectivity index (χ1) is 13.7. The summed E-state index contributed by atoms with van der Waals surface area (Å²) in [4.78, 5) is 4.49. The molecule has 1 aliphatic rings. The van der Waals surface area contributed by atoms with Gasteiger partial charge in [0.2, 0.25) is 0 Å². The molecule has 0 saturated carbocycles. The molecule has 0 amide bonds. The molecule has 2 heterocycles. The topological polar surface area (TPSA) is 51.4 Å². The Morgan fingerprint density at radius 1 is 1.25 bits per heavy atom. The summed E-state index contributed by atoms with van der Waals surface area (Å²) in [6.45, 7) is 5.62. The smallest absolute Gasteiger partial charge is 0.0850 e. The molecule has 0 aliphatic carbocycles. The first kappa shape index (κ1) is 19.7. The maximum atomic E-state index is 5.31. The number of hydrogen-bond acceptors (Lipinski definition) is 4. The first-order valence-corrected chi connectivity index (χ1v) is 9.70. The molecule has 2 aromatic rings. The lowest BCUT2D eigenvalue weighted by molar-refractivity contribution is 0.270. The van der Waals surface area contributed by atoms with Gasteiger partial charge in [-0.25, -0.2) is 0 Å². The number of ether oxygens (including phenoxy) is 1. The minimum atomic E-state index is 0.400. The molecule has 5 nitrogen and oxygen atoms in total. The van der Waals surface area contributed by atoms with Crippen molar-refractivity contribution >= 4 is 5.71 Å². The first-order valence-electron chi connectivity index (χ1n) is 9.70. The normalized spacial score (nSPS) is 21.9. The van der Waals surface area contributed by atoms with E-state index in [1.165, 1.54) is 16.8 Å². The quantitative estimate of drug-likeness (QED) is 0.718. The monoisotopic (exact) mass is 376 g/mol. The molecule has 3 rings (SSSR count). The van der Waals surface area contributed by atoms with E-state index in [1.54, 1.807) is 6.26 Å². The zero-order chi connectivity index (χ0) is 19.8. The highest BCUT2D eigenvalue weighted by Crippen LogP contribution is 2.20. The van der Waals surface area contributed by atoms with Crippen LogP contribution < -0.4 is 5.32 Å². The third-order valence-corrected chi connectivity index (χ3v) is 4.64. The number of hydrogen-bond donors (Lipinski definition) is 1. The van der Waals surface area contributed by atoms with Gasteiger partial charge in [-0.1, -0.05) is 37.3 Å². The molecule has 0 fully saturated rings. The summed E-state index contributed by atoms with van der Waals surface area (Å²) < 4.78 is 7.13. The standard InChI is InChI=1S/C23H28N4O/c1-4-28-13-11-22-14-23(18(2)6-5-12-24-22)25-15-19-7-9-20(10-8-19)21-16-26-27(3)17-21/h5,7-14,16-18,25H,4,6,15H2,1-3H3/b12-5+,13-11+,23-14+,24-22-. The molecule has 1 N–H and O–H groups in total. The van der Waals surface area contributed by atoms with E-state index in [0.29, 0.717) is 12.5 Å². The number of aliphatic imine (C=N–C) groups is 1. The van der Waals surface area contributed by atoms with Crippen LogP contribution in [0.5, 0.6) is 0 Å². The second-order valence-corrected chi connectivity index (χ2v) is 6.89. The Morgan fingerprint density at radius 3 is 2.79 bits per heavy atom. The van der Waals surface area contributed by atoms with Crippen LogP contribution in [0.1, 0.15) is 25.8 Å². The Labute approximate surface area is 167 Å². The zero-order valence-electron chi connectivity index (χ0n) is 16.8. The van der Waals surface area contributed by atoms with Crippen molar-refractivity contribution in [1.82, 2.24) is 15.1 Å². The zero-order valence-corrected chi connectivity index (χ0v) is 16.8. The minimum absolute atomic E-state index is 0.400. The van der Waals surface area contributed by atoms with Crippen LogP contribution in [0.2, 0.25) is 0 Å². The van der Waals surface area contributed by atoms with Crippen LogP contribution in [0.3, 0.4) is 0 Å². The molecular formula is C23H28N4O. The number of nitrogens with zero attached hydrogens (tertiary/aromatic N) is 3. The van der Waals surface area contributed by atoms with E-state index in [-0.39, 0.29) is 0 Å². The highest BCUT2D eigenvalue weighted by Gasteiger charge is 2.10. The molecule has 1 atom stereocenters. The van der Waals surface area contributed by atoms with E-state index in [2.05, 4.69) is 58.7 Å². The highest BCUT2D eigenvalue weighted by atomic mass is 16.5. The van der Waals surface area contributed by atoms with Gasteiger partial charge >= 0.3 is 0 Å². The van der Waals surface area contributed by atoms with Crippen molar-refractivity contribution in [3.63, 3.8) is 0 Å². The Balaban J connectivity index is 1.68. The number of rotatable bonds is 7. The fourth-order valence-electron chi connectivity index (χ4n) is 2.99. The van der Waals surface area contributed by atoms with Crippen LogP contribution in [-0.4, -0.2) is 22.1 Å². The molecule has 5 heteroatoms. The van der Waals surface area contributed by atoms with Gasteiger partial charge in [-0.2, -0.15) is 5.10 Å². The van der Waals surface area contributed by atoms with Gasteiger partial charge in [-0.15, -0.1) is 0 Å². The summed E-state index contributed by atoms with van der Waals surface area (Å²) in [6, 6.07) is 8.61. The SMILES string of the molecule is CCO/C=C/C1=N/C=C/CC(C)/C(NCc2ccc(-c3cnn(C)c3)cc2)=C\1. The Hall–Kier alpha value is -3.08. The van der Waals surface area contributed by atoms with E-state index in [9.17, 15) is 0 Å². The molecule has 1 aliphatic heterocycles. The predicted octanol–water partition coefficient (Wildman–Crippen LogP) is 4.61. The minimum Gasteiger partial charge on any atom is -0.501 e. The van der Waals surface area contributed by atoms with Crippen LogP contribution in [0, 0.1) is 5.92 Å². The van der Waals surface area contributed by atoms with Crippen molar-refractivity contribution in [2.24, 2.45) is 18.0 Å². The molecular weight excluding hydrogens is 348 g/mol. The van der Waals surface area contributed by atoms with Gasteiger partial charge in [0.25, 0.3) is 0 Å². The Morgan fingerprint density at radius 2 is 2.07 bits per heavy atom. The third kappa shape index (κ3) is 5.46. The molecule has 1 aromatic carbocycles. The van der Waals surface area contributed by atoms with Gasteiger partial charge in [-0.05, 0) is 42.5 Å². The second kappa shape index (κ2) is 9.74. The van der Waals surface area contributed by atoms with Gasteiger partial charge in [-0.3, -0.25) is 9.67 Å². The van der Waals surface area contributed by atoms with Crippen LogP contribution in [0.4, 0.5) is 0 Å². The Bertz CT molecular complexity index is 888. The van der Waals surface area contributed by atoms with Crippen molar-refractivity contribution in [3.05, 3.63) is 78.6 Å². The number of allylic oxidation sites excluding steroid dienone is 4. The van der Waals surface area contributed by atoms with Gasteiger partial charge in [0, 0.05) is 37.2 Å². The van der Waals surface area contributed by atoms with E-state index < -0.39 is 0 Å². The van der Waals surface area contributed by atoms with Crippen molar-refractivity contribution in [2.75, 3.05) is 6.61 Å². The lowest BCUT2D eigenvalue weighted by atomic mass is 10.0. The van der Waals surface area contributed by atoms with Gasteiger partial charge in [0.1, 0.15) is 0 Å². The molecule has 0 radical (unpaired) electrons. The van der Waals surface area contributed by atoms with E-state index >= 15 is 0 Å².